The van der Waals surface area contributed by atoms with Crippen molar-refractivity contribution >= 4 is 28.3 Å². The van der Waals surface area contributed by atoms with Crippen LogP contribution in [0.15, 0.2) is 48.7 Å². The first-order valence-corrected chi connectivity index (χ1v) is 13.8. The van der Waals surface area contributed by atoms with Crippen LogP contribution >= 0.6 is 0 Å². The third-order valence-electron chi connectivity index (χ3n) is 7.72. The molecule has 2 aliphatic rings. The fourth-order valence-electron chi connectivity index (χ4n) is 5.66. The number of benzene rings is 2. The van der Waals surface area contributed by atoms with Crippen molar-refractivity contribution in [2.24, 2.45) is 0 Å². The lowest BCUT2D eigenvalue weighted by atomic mass is 9.99. The first-order valence-electron chi connectivity index (χ1n) is 13.8. The van der Waals surface area contributed by atoms with Gasteiger partial charge in [-0.05, 0) is 86.7 Å². The molecule has 2 fully saturated rings. The number of amides is 1. The Morgan fingerprint density at radius 3 is 2.49 bits per heavy atom. The van der Waals surface area contributed by atoms with Gasteiger partial charge in [0.15, 0.2) is 17.3 Å². The van der Waals surface area contributed by atoms with E-state index in [1.54, 1.807) is 36.5 Å². The Labute approximate surface area is 226 Å². The van der Waals surface area contributed by atoms with Crippen LogP contribution in [-0.4, -0.2) is 52.2 Å². The van der Waals surface area contributed by atoms with Crippen molar-refractivity contribution < 1.29 is 13.6 Å². The van der Waals surface area contributed by atoms with Crippen molar-refractivity contribution in [2.45, 2.75) is 45.1 Å². The molecule has 202 valence electrons. The van der Waals surface area contributed by atoms with Crippen LogP contribution in [0.3, 0.4) is 0 Å². The summed E-state index contributed by atoms with van der Waals surface area (Å²) < 4.78 is 29.7. The van der Waals surface area contributed by atoms with E-state index >= 15 is 4.39 Å². The van der Waals surface area contributed by atoms with E-state index in [9.17, 15) is 9.18 Å². The van der Waals surface area contributed by atoms with Crippen LogP contribution in [0.25, 0.3) is 22.0 Å². The third-order valence-corrected chi connectivity index (χ3v) is 7.72. The van der Waals surface area contributed by atoms with Gasteiger partial charge in [0, 0.05) is 48.5 Å². The topological polar surface area (TPSA) is 77.1 Å². The van der Waals surface area contributed by atoms with Gasteiger partial charge >= 0.3 is 0 Å². The van der Waals surface area contributed by atoms with E-state index in [1.807, 2.05) is 6.07 Å². The van der Waals surface area contributed by atoms with Crippen LogP contribution in [0, 0.1) is 11.6 Å². The van der Waals surface area contributed by atoms with Gasteiger partial charge in [-0.1, -0.05) is 12.5 Å². The van der Waals surface area contributed by atoms with Crippen molar-refractivity contribution in [1.82, 2.24) is 20.1 Å². The minimum Gasteiger partial charge on any atom is -0.357 e. The molecule has 2 N–H and O–H groups in total. The molecule has 0 saturated carbocycles. The molecule has 0 aliphatic carbocycles. The molecule has 7 nitrogen and oxygen atoms in total. The van der Waals surface area contributed by atoms with Gasteiger partial charge in [0.05, 0.1) is 5.52 Å². The molecular weight excluding hydrogens is 498 g/mol. The van der Waals surface area contributed by atoms with Crippen LogP contribution in [0.4, 0.5) is 20.3 Å². The predicted molar refractivity (Wildman–Crippen MR) is 149 cm³/mol. The Balaban J connectivity index is 1.27. The molecule has 4 aromatic rings. The maximum atomic E-state index is 15.0. The van der Waals surface area contributed by atoms with Gasteiger partial charge < -0.3 is 10.2 Å². The highest BCUT2D eigenvalue weighted by Crippen LogP contribution is 2.31. The van der Waals surface area contributed by atoms with E-state index in [4.69, 9.17) is 0 Å². The summed E-state index contributed by atoms with van der Waals surface area (Å²) in [6.07, 6.45) is 8.63. The molecule has 2 aromatic carbocycles. The lowest BCUT2D eigenvalue weighted by Crippen LogP contribution is -2.30. The number of piperidine rings is 2. The van der Waals surface area contributed by atoms with Crippen LogP contribution in [-0.2, 0) is 6.54 Å². The van der Waals surface area contributed by atoms with Crippen LogP contribution in [0.5, 0.6) is 0 Å². The summed E-state index contributed by atoms with van der Waals surface area (Å²) in [4.78, 5) is 22.2. The van der Waals surface area contributed by atoms with Crippen molar-refractivity contribution in [3.8, 4) is 11.1 Å². The summed E-state index contributed by atoms with van der Waals surface area (Å²) in [5.74, 6) is -1.32. The first-order chi connectivity index (χ1) is 19.0. The molecule has 2 aromatic heterocycles. The van der Waals surface area contributed by atoms with Gasteiger partial charge in [-0.25, -0.2) is 13.8 Å². The summed E-state index contributed by atoms with van der Waals surface area (Å²) in [7, 11) is 0. The highest BCUT2D eigenvalue weighted by atomic mass is 19.2. The number of halogens is 2. The minimum absolute atomic E-state index is 0.178. The number of aromatic nitrogens is 3. The van der Waals surface area contributed by atoms with E-state index in [2.05, 4.69) is 30.3 Å². The molecule has 6 rings (SSSR count). The molecule has 0 atom stereocenters. The van der Waals surface area contributed by atoms with Crippen molar-refractivity contribution in [3.63, 3.8) is 0 Å². The van der Waals surface area contributed by atoms with Gasteiger partial charge in [0.1, 0.15) is 5.82 Å². The summed E-state index contributed by atoms with van der Waals surface area (Å²) in [6.45, 7) is 4.41. The molecule has 0 unspecified atom stereocenters. The average molecular weight is 531 g/mol. The lowest BCUT2D eigenvalue weighted by molar-refractivity contribution is 0.102. The molecule has 0 bridgehead atoms. The molecule has 9 heteroatoms. The highest BCUT2D eigenvalue weighted by Gasteiger charge is 2.20. The molecule has 39 heavy (non-hydrogen) atoms. The van der Waals surface area contributed by atoms with Crippen molar-refractivity contribution in [2.75, 3.05) is 36.4 Å². The van der Waals surface area contributed by atoms with E-state index < -0.39 is 11.6 Å². The van der Waals surface area contributed by atoms with Gasteiger partial charge in [-0.3, -0.25) is 14.8 Å². The number of nitrogens with zero attached hydrogens (tertiary/aromatic N) is 4. The second-order valence-corrected chi connectivity index (χ2v) is 10.5. The lowest BCUT2D eigenvalue weighted by Gasteiger charge is -2.27. The number of hydrogen-bond acceptors (Lipinski definition) is 5. The number of fused-ring (bicyclic) bond motifs is 1. The molecular formula is C30H32F2N6O. The first kappa shape index (κ1) is 25.4. The zero-order chi connectivity index (χ0) is 26.8. The summed E-state index contributed by atoms with van der Waals surface area (Å²) in [5, 5.41) is 10.6. The fourth-order valence-corrected chi connectivity index (χ4v) is 5.66. The third kappa shape index (κ3) is 5.49. The Bertz CT molecular complexity index is 1490. The fraction of sp³-hybridized carbons (Fsp3) is 0.367. The Hall–Kier alpha value is -3.85. The second kappa shape index (κ2) is 11.1. The van der Waals surface area contributed by atoms with Gasteiger partial charge in [-0.2, -0.15) is 5.10 Å². The van der Waals surface area contributed by atoms with E-state index in [-0.39, 0.29) is 17.2 Å². The SMILES string of the molecule is O=C(Nc1ccnc(N2CCCCC2)c1)c1n[nH]c2ccc(-c3cc(CN4CCCCC4)cc(F)c3F)cc12. The number of hydrogen-bond donors (Lipinski definition) is 2. The average Bonchev–Trinajstić information content (AvgIpc) is 3.40. The number of nitrogens with one attached hydrogen (secondary N) is 2. The van der Waals surface area contributed by atoms with E-state index in [0.29, 0.717) is 28.7 Å². The molecule has 2 saturated heterocycles. The van der Waals surface area contributed by atoms with E-state index in [1.165, 1.54) is 18.9 Å². The smallest absolute Gasteiger partial charge is 0.276 e. The summed E-state index contributed by atoms with van der Waals surface area (Å²) in [6, 6.07) is 11.8. The maximum absolute atomic E-state index is 15.0. The monoisotopic (exact) mass is 530 g/mol. The number of aromatic amines is 1. The summed E-state index contributed by atoms with van der Waals surface area (Å²) >= 11 is 0. The number of anilines is 2. The molecule has 0 radical (unpaired) electrons. The van der Waals surface area contributed by atoms with E-state index in [0.717, 1.165) is 63.2 Å². The van der Waals surface area contributed by atoms with Crippen molar-refractivity contribution in [1.29, 1.82) is 0 Å². The summed E-state index contributed by atoms with van der Waals surface area (Å²) in [5.41, 5.74) is 2.86. The maximum Gasteiger partial charge on any atom is 0.276 e. The largest absolute Gasteiger partial charge is 0.357 e. The number of carbonyl (C=O) groups is 1. The molecule has 0 spiro atoms. The van der Waals surface area contributed by atoms with Crippen LogP contribution < -0.4 is 10.2 Å². The zero-order valence-electron chi connectivity index (χ0n) is 21.9. The number of carbonyl (C=O) groups excluding carboxylic acids is 1. The van der Waals surface area contributed by atoms with Gasteiger partial charge in [0.2, 0.25) is 0 Å². The Kier molecular flexibility index (Phi) is 7.24. The number of rotatable bonds is 6. The Morgan fingerprint density at radius 1 is 0.923 bits per heavy atom. The number of likely N-dealkylation sites (tertiary alicyclic amines) is 1. The standard InChI is InChI=1S/C30H32F2N6O/c31-25-16-20(19-37-11-3-1-4-12-37)15-23(28(25)32)21-7-8-26-24(17-21)29(36-35-26)30(39)34-22-9-10-33-27(18-22)38-13-5-2-6-14-38/h7-10,15-18H,1-6,11-14,19H2,(H,35,36)(H,33,34,39). The predicted octanol–water partition coefficient (Wildman–Crippen LogP) is 6.13. The normalized spacial score (nSPS) is 16.5. The zero-order valence-corrected chi connectivity index (χ0v) is 21.9. The minimum atomic E-state index is -0.895. The van der Waals surface area contributed by atoms with Crippen LogP contribution in [0.2, 0.25) is 0 Å². The number of H-pyrrole nitrogens is 1. The molecule has 1 amide bonds. The van der Waals surface area contributed by atoms with Gasteiger partial charge in [0.25, 0.3) is 5.91 Å². The molecule has 2 aliphatic heterocycles. The van der Waals surface area contributed by atoms with Crippen molar-refractivity contribution in [3.05, 3.63) is 71.6 Å². The highest BCUT2D eigenvalue weighted by molar-refractivity contribution is 6.11. The quantitative estimate of drug-likeness (QED) is 0.314. The van der Waals surface area contributed by atoms with Gasteiger partial charge in [-0.15, -0.1) is 0 Å². The molecule has 4 heterocycles. The van der Waals surface area contributed by atoms with Crippen LogP contribution in [0.1, 0.15) is 54.6 Å². The number of pyridine rings is 1. The second-order valence-electron chi connectivity index (χ2n) is 10.5. The Morgan fingerprint density at radius 2 is 1.69 bits per heavy atom.